The van der Waals surface area contributed by atoms with Gasteiger partial charge in [-0.2, -0.15) is 5.26 Å². The minimum Gasteiger partial charge on any atom is -0.369 e. The highest BCUT2D eigenvalue weighted by atomic mass is 79.9. The first-order valence-electron chi connectivity index (χ1n) is 5.33. The highest BCUT2D eigenvalue weighted by Gasteiger charge is 2.14. The number of anilines is 1. The summed E-state index contributed by atoms with van der Waals surface area (Å²) < 4.78 is 0.973. The van der Waals surface area contributed by atoms with Crippen molar-refractivity contribution in [1.29, 1.82) is 5.26 Å². The summed E-state index contributed by atoms with van der Waals surface area (Å²) in [5.74, 6) is 0. The quantitative estimate of drug-likeness (QED) is 0.789. The molecule has 84 valence electrons. The lowest BCUT2D eigenvalue weighted by Crippen LogP contribution is -2.44. The number of halogens is 1. The molecule has 1 fully saturated rings. The number of hydrogen-bond acceptors (Lipinski definition) is 3. The van der Waals surface area contributed by atoms with E-state index < -0.39 is 0 Å². The van der Waals surface area contributed by atoms with Gasteiger partial charge in [-0.3, -0.25) is 0 Å². The van der Waals surface area contributed by atoms with Crippen LogP contribution in [0.15, 0.2) is 22.7 Å². The molecule has 0 atom stereocenters. The van der Waals surface area contributed by atoms with E-state index in [0.29, 0.717) is 5.56 Å². The molecule has 3 nitrogen and oxygen atoms in total. The standard InChI is InChI=1S/C12H14BrN3/c1-15-2-4-16(5-3-15)12-7-10(9-14)6-11(13)8-12/h6-8H,2-5H2,1H3. The van der Waals surface area contributed by atoms with E-state index >= 15 is 0 Å². The number of rotatable bonds is 1. The Balaban J connectivity index is 2.20. The second-order valence-corrected chi connectivity index (χ2v) is 5.02. The molecule has 0 saturated carbocycles. The fraction of sp³-hybridized carbons (Fsp3) is 0.417. The summed E-state index contributed by atoms with van der Waals surface area (Å²) in [6.45, 7) is 4.21. The van der Waals surface area contributed by atoms with E-state index in [-0.39, 0.29) is 0 Å². The molecule has 2 rings (SSSR count). The van der Waals surface area contributed by atoms with Crippen LogP contribution in [0.25, 0.3) is 0 Å². The van der Waals surface area contributed by atoms with Gasteiger partial charge in [0.1, 0.15) is 0 Å². The Morgan fingerprint density at radius 1 is 1.19 bits per heavy atom. The predicted molar refractivity (Wildman–Crippen MR) is 68.6 cm³/mol. The van der Waals surface area contributed by atoms with Gasteiger partial charge in [-0.1, -0.05) is 15.9 Å². The van der Waals surface area contributed by atoms with Crippen molar-refractivity contribution in [3.63, 3.8) is 0 Å². The Hall–Kier alpha value is -1.05. The normalized spacial score (nSPS) is 17.2. The van der Waals surface area contributed by atoms with Gasteiger partial charge < -0.3 is 9.80 Å². The van der Waals surface area contributed by atoms with E-state index in [0.717, 1.165) is 36.3 Å². The topological polar surface area (TPSA) is 30.3 Å². The number of piperazine rings is 1. The van der Waals surface area contributed by atoms with Gasteiger partial charge in [0.2, 0.25) is 0 Å². The molecule has 1 aromatic rings. The second-order valence-electron chi connectivity index (χ2n) is 4.10. The number of nitriles is 1. The van der Waals surface area contributed by atoms with E-state index in [2.05, 4.69) is 44.9 Å². The minimum absolute atomic E-state index is 0.711. The van der Waals surface area contributed by atoms with E-state index in [9.17, 15) is 0 Å². The predicted octanol–water partition coefficient (Wildman–Crippen LogP) is 2.07. The van der Waals surface area contributed by atoms with Crippen LogP contribution >= 0.6 is 15.9 Å². The van der Waals surface area contributed by atoms with Crippen LogP contribution < -0.4 is 4.90 Å². The number of benzene rings is 1. The molecular formula is C12H14BrN3. The van der Waals surface area contributed by atoms with Crippen molar-refractivity contribution >= 4 is 21.6 Å². The van der Waals surface area contributed by atoms with Crippen molar-refractivity contribution in [2.45, 2.75) is 0 Å². The first kappa shape index (κ1) is 11.4. The molecule has 16 heavy (non-hydrogen) atoms. The molecule has 1 heterocycles. The zero-order valence-electron chi connectivity index (χ0n) is 9.28. The maximum Gasteiger partial charge on any atom is 0.0992 e. The summed E-state index contributed by atoms with van der Waals surface area (Å²) in [7, 11) is 2.14. The average Bonchev–Trinajstić information content (AvgIpc) is 2.29. The number of hydrogen-bond donors (Lipinski definition) is 0. The zero-order valence-corrected chi connectivity index (χ0v) is 10.9. The van der Waals surface area contributed by atoms with Crippen LogP contribution in [0.5, 0.6) is 0 Å². The van der Waals surface area contributed by atoms with Gasteiger partial charge in [0.05, 0.1) is 11.6 Å². The Labute approximate surface area is 104 Å². The molecule has 0 amide bonds. The van der Waals surface area contributed by atoms with Crippen LogP contribution in [-0.4, -0.2) is 38.1 Å². The lowest BCUT2D eigenvalue weighted by Gasteiger charge is -2.34. The Morgan fingerprint density at radius 3 is 2.50 bits per heavy atom. The number of likely N-dealkylation sites (N-methyl/N-ethyl adjacent to an activating group) is 1. The monoisotopic (exact) mass is 279 g/mol. The van der Waals surface area contributed by atoms with Gasteiger partial charge in [-0.25, -0.2) is 0 Å². The second kappa shape index (κ2) is 4.86. The minimum atomic E-state index is 0.711. The molecule has 1 aliphatic heterocycles. The van der Waals surface area contributed by atoms with Crippen LogP contribution in [0.1, 0.15) is 5.56 Å². The van der Waals surface area contributed by atoms with E-state index in [1.54, 1.807) is 0 Å². The lowest BCUT2D eigenvalue weighted by molar-refractivity contribution is 0.313. The third kappa shape index (κ3) is 2.55. The summed E-state index contributed by atoms with van der Waals surface area (Å²) in [5, 5.41) is 8.93. The molecule has 0 radical (unpaired) electrons. The summed E-state index contributed by atoms with van der Waals surface area (Å²) in [6, 6.07) is 8.07. The largest absolute Gasteiger partial charge is 0.369 e. The Kier molecular flexibility index (Phi) is 3.47. The molecule has 1 saturated heterocycles. The fourth-order valence-electron chi connectivity index (χ4n) is 1.89. The average molecular weight is 280 g/mol. The molecule has 0 N–H and O–H groups in total. The lowest BCUT2D eigenvalue weighted by atomic mass is 10.2. The summed E-state index contributed by atoms with van der Waals surface area (Å²) in [4.78, 5) is 4.64. The molecule has 1 aliphatic rings. The van der Waals surface area contributed by atoms with Crippen LogP contribution in [-0.2, 0) is 0 Å². The summed E-state index contributed by atoms with van der Waals surface area (Å²) in [5.41, 5.74) is 1.85. The van der Waals surface area contributed by atoms with Crippen LogP contribution in [0.4, 0.5) is 5.69 Å². The third-order valence-corrected chi connectivity index (χ3v) is 3.34. The smallest absolute Gasteiger partial charge is 0.0992 e. The Morgan fingerprint density at radius 2 is 1.88 bits per heavy atom. The zero-order chi connectivity index (χ0) is 11.5. The first-order valence-corrected chi connectivity index (χ1v) is 6.12. The van der Waals surface area contributed by atoms with Gasteiger partial charge in [0.15, 0.2) is 0 Å². The van der Waals surface area contributed by atoms with E-state index in [1.807, 2.05) is 12.1 Å². The molecule has 4 heteroatoms. The molecule has 0 aromatic heterocycles. The van der Waals surface area contributed by atoms with Crippen molar-refractivity contribution < 1.29 is 0 Å². The molecule has 0 bridgehead atoms. The van der Waals surface area contributed by atoms with Gasteiger partial charge >= 0.3 is 0 Å². The van der Waals surface area contributed by atoms with Gasteiger partial charge in [0.25, 0.3) is 0 Å². The third-order valence-electron chi connectivity index (χ3n) is 2.88. The maximum atomic E-state index is 8.93. The fourth-order valence-corrected chi connectivity index (χ4v) is 2.37. The van der Waals surface area contributed by atoms with Gasteiger partial charge in [0, 0.05) is 36.3 Å². The maximum absolute atomic E-state index is 8.93. The van der Waals surface area contributed by atoms with Crippen molar-refractivity contribution in [1.82, 2.24) is 4.90 Å². The molecule has 0 spiro atoms. The van der Waals surface area contributed by atoms with E-state index in [4.69, 9.17) is 5.26 Å². The van der Waals surface area contributed by atoms with Crippen molar-refractivity contribution in [3.05, 3.63) is 28.2 Å². The van der Waals surface area contributed by atoms with Gasteiger partial charge in [-0.15, -0.1) is 0 Å². The number of nitrogens with zero attached hydrogens (tertiary/aromatic N) is 3. The van der Waals surface area contributed by atoms with Crippen molar-refractivity contribution in [3.8, 4) is 6.07 Å². The first-order chi connectivity index (χ1) is 7.69. The van der Waals surface area contributed by atoms with Gasteiger partial charge in [-0.05, 0) is 25.2 Å². The Bertz CT molecular complexity index is 417. The molecular weight excluding hydrogens is 266 g/mol. The highest BCUT2D eigenvalue weighted by molar-refractivity contribution is 9.10. The van der Waals surface area contributed by atoms with E-state index in [1.165, 1.54) is 0 Å². The molecule has 1 aromatic carbocycles. The van der Waals surface area contributed by atoms with Crippen molar-refractivity contribution in [2.75, 3.05) is 38.1 Å². The van der Waals surface area contributed by atoms with Crippen molar-refractivity contribution in [2.24, 2.45) is 0 Å². The molecule has 0 aliphatic carbocycles. The van der Waals surface area contributed by atoms with Crippen LogP contribution in [0.2, 0.25) is 0 Å². The SMILES string of the molecule is CN1CCN(c2cc(Br)cc(C#N)c2)CC1. The summed E-state index contributed by atoms with van der Waals surface area (Å²) >= 11 is 3.44. The molecule has 0 unspecified atom stereocenters. The van der Waals surface area contributed by atoms with Crippen LogP contribution in [0.3, 0.4) is 0 Å². The van der Waals surface area contributed by atoms with Crippen LogP contribution in [0, 0.1) is 11.3 Å². The summed E-state index contributed by atoms with van der Waals surface area (Å²) in [6.07, 6.45) is 0. The highest BCUT2D eigenvalue weighted by Crippen LogP contribution is 2.23.